The third kappa shape index (κ3) is 2.67. The fourth-order valence-corrected chi connectivity index (χ4v) is 1.47. The monoisotopic (exact) mass is 256 g/mol. The molecular formula is C11H11F3N4. The summed E-state index contributed by atoms with van der Waals surface area (Å²) in [5, 5.41) is 3.43. The van der Waals surface area contributed by atoms with E-state index in [1.54, 1.807) is 18.3 Å². The van der Waals surface area contributed by atoms with Crippen LogP contribution < -0.4 is 5.73 Å². The van der Waals surface area contributed by atoms with E-state index in [1.807, 2.05) is 0 Å². The molecule has 0 unspecified atom stereocenters. The zero-order chi connectivity index (χ0) is 13.2. The van der Waals surface area contributed by atoms with Gasteiger partial charge < -0.3 is 5.73 Å². The van der Waals surface area contributed by atoms with Crippen molar-refractivity contribution in [2.45, 2.75) is 12.6 Å². The Balaban J connectivity index is 2.23. The number of hydrogen-bond donors (Lipinski definition) is 1. The lowest BCUT2D eigenvalue weighted by Crippen LogP contribution is -2.08. The van der Waals surface area contributed by atoms with Gasteiger partial charge in [0.05, 0.1) is 0 Å². The molecule has 0 saturated carbocycles. The second-order valence-electron chi connectivity index (χ2n) is 3.71. The molecule has 7 heteroatoms. The van der Waals surface area contributed by atoms with E-state index in [1.165, 1.54) is 6.20 Å². The van der Waals surface area contributed by atoms with Crippen molar-refractivity contribution in [3.05, 3.63) is 41.9 Å². The Kier molecular flexibility index (Phi) is 3.33. The molecule has 0 fully saturated rings. The van der Waals surface area contributed by atoms with Crippen LogP contribution in [0.2, 0.25) is 0 Å². The molecule has 0 aliphatic rings. The van der Waals surface area contributed by atoms with Crippen LogP contribution in [0.3, 0.4) is 0 Å². The lowest BCUT2D eigenvalue weighted by Gasteiger charge is -2.03. The number of nitrogens with zero attached hydrogens (tertiary/aromatic N) is 3. The maximum atomic E-state index is 12.4. The zero-order valence-corrected chi connectivity index (χ0v) is 9.35. The summed E-state index contributed by atoms with van der Waals surface area (Å²) in [6.45, 7) is 0.501. The SMILES string of the molecule is NCCc1ccc(-n2ccc(C(F)(F)F)n2)nc1. The minimum Gasteiger partial charge on any atom is -0.330 e. The molecule has 0 aliphatic carbocycles. The Hall–Kier alpha value is -1.89. The highest BCUT2D eigenvalue weighted by molar-refractivity contribution is 5.25. The van der Waals surface area contributed by atoms with Crippen LogP contribution in [0, 0.1) is 0 Å². The van der Waals surface area contributed by atoms with Crippen LogP contribution in [0.25, 0.3) is 5.82 Å². The topological polar surface area (TPSA) is 56.7 Å². The maximum absolute atomic E-state index is 12.4. The lowest BCUT2D eigenvalue weighted by atomic mass is 10.2. The van der Waals surface area contributed by atoms with E-state index in [0.29, 0.717) is 18.8 Å². The third-order valence-corrected chi connectivity index (χ3v) is 2.36. The summed E-state index contributed by atoms with van der Waals surface area (Å²) < 4.78 is 38.2. The van der Waals surface area contributed by atoms with E-state index in [0.717, 1.165) is 16.3 Å². The lowest BCUT2D eigenvalue weighted by molar-refractivity contribution is -0.141. The number of hydrogen-bond acceptors (Lipinski definition) is 3. The van der Waals surface area contributed by atoms with Gasteiger partial charge in [0.15, 0.2) is 11.5 Å². The van der Waals surface area contributed by atoms with Gasteiger partial charge in [-0.3, -0.25) is 0 Å². The average Bonchev–Trinajstić information content (AvgIpc) is 2.79. The summed E-state index contributed by atoms with van der Waals surface area (Å²) in [5.74, 6) is 0.339. The van der Waals surface area contributed by atoms with Gasteiger partial charge in [0.25, 0.3) is 0 Å². The van der Waals surface area contributed by atoms with Crippen LogP contribution in [0.5, 0.6) is 0 Å². The fraction of sp³-hybridized carbons (Fsp3) is 0.273. The van der Waals surface area contributed by atoms with E-state index < -0.39 is 11.9 Å². The molecule has 0 bridgehead atoms. The Morgan fingerprint density at radius 3 is 2.50 bits per heavy atom. The van der Waals surface area contributed by atoms with Crippen molar-refractivity contribution in [3.63, 3.8) is 0 Å². The van der Waals surface area contributed by atoms with Gasteiger partial charge in [0, 0.05) is 12.4 Å². The molecule has 0 atom stereocenters. The highest BCUT2D eigenvalue weighted by Gasteiger charge is 2.33. The second kappa shape index (κ2) is 4.77. The standard InChI is InChI=1S/C11H11F3N4/c12-11(13,14)9-4-6-18(17-9)10-2-1-8(3-5-15)7-16-10/h1-2,4,6-7H,3,5,15H2. The number of aromatic nitrogens is 3. The normalized spacial score (nSPS) is 11.8. The quantitative estimate of drug-likeness (QED) is 0.910. The second-order valence-corrected chi connectivity index (χ2v) is 3.71. The molecule has 4 nitrogen and oxygen atoms in total. The molecule has 0 saturated heterocycles. The molecule has 2 aromatic heterocycles. The van der Waals surface area contributed by atoms with Crippen LogP contribution in [-0.2, 0) is 12.6 Å². The van der Waals surface area contributed by atoms with Gasteiger partial charge in [-0.2, -0.15) is 18.3 Å². The maximum Gasteiger partial charge on any atom is 0.435 e. The van der Waals surface area contributed by atoms with Crippen LogP contribution in [0.4, 0.5) is 13.2 Å². The molecule has 0 aromatic carbocycles. The summed E-state index contributed by atoms with van der Waals surface area (Å²) in [4.78, 5) is 4.04. The van der Waals surface area contributed by atoms with Gasteiger partial charge in [-0.15, -0.1) is 0 Å². The summed E-state index contributed by atoms with van der Waals surface area (Å²) >= 11 is 0. The van der Waals surface area contributed by atoms with Crippen molar-refractivity contribution in [2.24, 2.45) is 5.73 Å². The number of rotatable bonds is 3. The first-order chi connectivity index (χ1) is 8.50. The van der Waals surface area contributed by atoms with E-state index in [9.17, 15) is 13.2 Å². The molecule has 2 aromatic rings. The molecule has 2 N–H and O–H groups in total. The van der Waals surface area contributed by atoms with E-state index in [2.05, 4.69) is 10.1 Å². The number of alkyl halides is 3. The predicted octanol–water partition coefficient (Wildman–Crippen LogP) is 1.79. The molecule has 0 amide bonds. The minimum atomic E-state index is -4.44. The van der Waals surface area contributed by atoms with Gasteiger partial charge in [-0.05, 0) is 30.7 Å². The highest BCUT2D eigenvalue weighted by atomic mass is 19.4. The molecular weight excluding hydrogens is 245 g/mol. The van der Waals surface area contributed by atoms with E-state index >= 15 is 0 Å². The first-order valence-electron chi connectivity index (χ1n) is 5.29. The summed E-state index contributed by atoms with van der Waals surface area (Å²) in [6, 6.07) is 4.29. The molecule has 0 radical (unpaired) electrons. The van der Waals surface area contributed by atoms with Gasteiger partial charge in [0.1, 0.15) is 0 Å². The van der Waals surface area contributed by atoms with Crippen molar-refractivity contribution < 1.29 is 13.2 Å². The van der Waals surface area contributed by atoms with Crippen LogP contribution >= 0.6 is 0 Å². The Labute approximate surface area is 101 Å². The third-order valence-electron chi connectivity index (χ3n) is 2.36. The molecule has 0 spiro atoms. The van der Waals surface area contributed by atoms with E-state index in [4.69, 9.17) is 5.73 Å². The van der Waals surface area contributed by atoms with E-state index in [-0.39, 0.29) is 0 Å². The molecule has 2 heterocycles. The summed E-state index contributed by atoms with van der Waals surface area (Å²) in [6.07, 6.45) is -0.949. The molecule has 2 rings (SSSR count). The van der Waals surface area contributed by atoms with Crippen molar-refractivity contribution in [2.75, 3.05) is 6.54 Å². The molecule has 96 valence electrons. The van der Waals surface area contributed by atoms with Crippen LogP contribution in [0.15, 0.2) is 30.6 Å². The summed E-state index contributed by atoms with van der Waals surface area (Å²) in [7, 11) is 0. The smallest absolute Gasteiger partial charge is 0.330 e. The summed E-state index contributed by atoms with van der Waals surface area (Å²) in [5.41, 5.74) is 5.39. The van der Waals surface area contributed by atoms with Crippen molar-refractivity contribution >= 4 is 0 Å². The Morgan fingerprint density at radius 1 is 1.22 bits per heavy atom. The largest absolute Gasteiger partial charge is 0.435 e. The molecule has 18 heavy (non-hydrogen) atoms. The van der Waals surface area contributed by atoms with Crippen LogP contribution in [0.1, 0.15) is 11.3 Å². The number of nitrogens with two attached hydrogens (primary N) is 1. The zero-order valence-electron chi connectivity index (χ0n) is 9.35. The van der Waals surface area contributed by atoms with Gasteiger partial charge in [-0.25, -0.2) is 9.67 Å². The van der Waals surface area contributed by atoms with Crippen molar-refractivity contribution in [3.8, 4) is 5.82 Å². The minimum absolute atomic E-state index is 0.339. The van der Waals surface area contributed by atoms with Crippen molar-refractivity contribution in [1.29, 1.82) is 0 Å². The fourth-order valence-electron chi connectivity index (χ4n) is 1.47. The van der Waals surface area contributed by atoms with Crippen molar-refractivity contribution in [1.82, 2.24) is 14.8 Å². The number of halogens is 3. The van der Waals surface area contributed by atoms with Crippen LogP contribution in [-0.4, -0.2) is 21.3 Å². The average molecular weight is 256 g/mol. The molecule has 0 aliphatic heterocycles. The number of pyridine rings is 1. The van der Waals surface area contributed by atoms with Gasteiger partial charge in [0.2, 0.25) is 0 Å². The first-order valence-corrected chi connectivity index (χ1v) is 5.29. The highest BCUT2D eigenvalue weighted by Crippen LogP contribution is 2.27. The Bertz CT molecular complexity index is 516. The predicted molar refractivity (Wildman–Crippen MR) is 59.1 cm³/mol. The van der Waals surface area contributed by atoms with Gasteiger partial charge >= 0.3 is 6.18 Å². The first kappa shape index (κ1) is 12.6. The van der Waals surface area contributed by atoms with Gasteiger partial charge in [-0.1, -0.05) is 6.07 Å². The Morgan fingerprint density at radius 2 is 2.00 bits per heavy atom.